The zero-order valence-electron chi connectivity index (χ0n) is 16.5. The smallest absolute Gasteiger partial charge is 0.338 e. The lowest BCUT2D eigenvalue weighted by atomic mass is 9.96. The van der Waals surface area contributed by atoms with Crippen LogP contribution in [0.4, 0.5) is 0 Å². The summed E-state index contributed by atoms with van der Waals surface area (Å²) in [4.78, 5) is 31.3. The van der Waals surface area contributed by atoms with Gasteiger partial charge in [-0.1, -0.05) is 69.7 Å². The molecule has 0 radical (unpaired) electrons. The predicted molar refractivity (Wildman–Crippen MR) is 121 cm³/mol. The first kappa shape index (κ1) is 20.5. The third-order valence-electron chi connectivity index (χ3n) is 4.78. The summed E-state index contributed by atoms with van der Waals surface area (Å²) >= 11 is 4.78. The number of esters is 1. The van der Waals surface area contributed by atoms with Crippen molar-refractivity contribution >= 4 is 39.3 Å². The zero-order chi connectivity index (χ0) is 21.3. The Morgan fingerprint density at radius 3 is 2.70 bits per heavy atom. The molecule has 0 saturated carbocycles. The third kappa shape index (κ3) is 3.82. The number of ether oxygens (including phenoxy) is 1. The number of allylic oxidation sites excluding steroid dienone is 1. The van der Waals surface area contributed by atoms with Crippen molar-refractivity contribution < 1.29 is 9.53 Å². The van der Waals surface area contributed by atoms with Crippen LogP contribution >= 0.6 is 27.3 Å². The molecule has 3 aromatic rings. The van der Waals surface area contributed by atoms with Crippen LogP contribution in [0.3, 0.4) is 0 Å². The highest BCUT2D eigenvalue weighted by atomic mass is 79.9. The molecule has 0 amide bonds. The van der Waals surface area contributed by atoms with E-state index in [0.717, 1.165) is 15.6 Å². The van der Waals surface area contributed by atoms with Gasteiger partial charge in [-0.25, -0.2) is 9.79 Å². The number of hydrogen-bond donors (Lipinski definition) is 0. The minimum Gasteiger partial charge on any atom is -0.463 e. The molecule has 1 aromatic heterocycles. The molecular weight excluding hydrogens is 464 g/mol. The van der Waals surface area contributed by atoms with Crippen molar-refractivity contribution in [2.24, 2.45) is 4.99 Å². The average Bonchev–Trinajstić information content (AvgIpc) is 3.02. The van der Waals surface area contributed by atoms with E-state index in [1.165, 1.54) is 11.3 Å². The number of halogens is 1. The largest absolute Gasteiger partial charge is 0.463 e. The molecule has 2 aromatic carbocycles. The molecular formula is C23H19BrN2O3S. The van der Waals surface area contributed by atoms with E-state index in [2.05, 4.69) is 20.9 Å². The topological polar surface area (TPSA) is 60.7 Å². The fourth-order valence-corrected chi connectivity index (χ4v) is 4.95. The number of aromatic nitrogens is 1. The number of rotatable bonds is 4. The van der Waals surface area contributed by atoms with Crippen molar-refractivity contribution in [2.75, 3.05) is 6.61 Å². The number of carbonyl (C=O) groups excluding carboxylic acids is 1. The van der Waals surface area contributed by atoms with Crippen LogP contribution in [0.15, 0.2) is 80.1 Å². The lowest BCUT2D eigenvalue weighted by Gasteiger charge is -2.24. The Kier molecular flexibility index (Phi) is 5.83. The van der Waals surface area contributed by atoms with Gasteiger partial charge in [0.2, 0.25) is 0 Å². The molecule has 0 fully saturated rings. The van der Waals surface area contributed by atoms with Crippen LogP contribution in [-0.4, -0.2) is 17.1 Å². The summed E-state index contributed by atoms with van der Waals surface area (Å²) in [6, 6.07) is 16.7. The number of carbonyl (C=O) groups is 1. The summed E-state index contributed by atoms with van der Waals surface area (Å²) in [6.07, 6.45) is 1.85. The summed E-state index contributed by atoms with van der Waals surface area (Å²) in [6.45, 7) is 3.80. The Labute approximate surface area is 185 Å². The highest BCUT2D eigenvalue weighted by Crippen LogP contribution is 2.30. The molecule has 152 valence electrons. The Bertz CT molecular complexity index is 1320. The molecule has 30 heavy (non-hydrogen) atoms. The number of nitrogens with zero attached hydrogens (tertiary/aromatic N) is 2. The molecule has 4 rings (SSSR count). The van der Waals surface area contributed by atoms with E-state index in [-0.39, 0.29) is 12.2 Å². The lowest BCUT2D eigenvalue weighted by Crippen LogP contribution is -2.39. The summed E-state index contributed by atoms with van der Waals surface area (Å²) < 4.78 is 8.39. The van der Waals surface area contributed by atoms with Gasteiger partial charge in [0.25, 0.3) is 5.56 Å². The molecule has 0 aliphatic carbocycles. The van der Waals surface area contributed by atoms with E-state index in [4.69, 9.17) is 4.74 Å². The second kappa shape index (κ2) is 8.53. The van der Waals surface area contributed by atoms with Crippen molar-refractivity contribution in [3.05, 3.63) is 101 Å². The average molecular weight is 483 g/mol. The van der Waals surface area contributed by atoms with Gasteiger partial charge in [0.15, 0.2) is 4.80 Å². The molecule has 0 unspecified atom stereocenters. The van der Waals surface area contributed by atoms with Gasteiger partial charge in [0.05, 0.1) is 28.5 Å². The van der Waals surface area contributed by atoms with Crippen LogP contribution in [-0.2, 0) is 9.53 Å². The van der Waals surface area contributed by atoms with Gasteiger partial charge in [-0.05, 0) is 43.2 Å². The van der Waals surface area contributed by atoms with Crippen LogP contribution in [0, 0.1) is 0 Å². The van der Waals surface area contributed by atoms with E-state index < -0.39 is 12.0 Å². The lowest BCUT2D eigenvalue weighted by molar-refractivity contribution is -0.139. The van der Waals surface area contributed by atoms with Crippen LogP contribution in [0.1, 0.15) is 31.0 Å². The van der Waals surface area contributed by atoms with Crippen molar-refractivity contribution in [1.82, 2.24) is 4.57 Å². The highest BCUT2D eigenvalue weighted by molar-refractivity contribution is 9.10. The Hall–Kier alpha value is -2.77. The normalized spacial score (nSPS) is 16.2. The maximum atomic E-state index is 13.4. The van der Waals surface area contributed by atoms with E-state index in [1.54, 1.807) is 18.4 Å². The standard InChI is InChI=1S/C23H19BrN2O3S/c1-3-29-22(28)19-14(2)25-23-26(20(19)16-9-5-4-6-10-16)21(27)18(30-23)13-15-8-7-11-17(24)12-15/h4-13,20H,3H2,1-2H3/b18-13-/t20-/m1/s1. The summed E-state index contributed by atoms with van der Waals surface area (Å²) in [7, 11) is 0. The van der Waals surface area contributed by atoms with Gasteiger partial charge in [-0.15, -0.1) is 0 Å². The van der Waals surface area contributed by atoms with Gasteiger partial charge in [-0.3, -0.25) is 9.36 Å². The molecule has 5 nitrogen and oxygen atoms in total. The highest BCUT2D eigenvalue weighted by Gasteiger charge is 2.33. The van der Waals surface area contributed by atoms with Crippen molar-refractivity contribution in [2.45, 2.75) is 19.9 Å². The minimum atomic E-state index is -0.578. The Morgan fingerprint density at radius 2 is 2.00 bits per heavy atom. The molecule has 2 heterocycles. The van der Waals surface area contributed by atoms with Crippen molar-refractivity contribution in [3.8, 4) is 0 Å². The van der Waals surface area contributed by atoms with Gasteiger partial charge in [0, 0.05) is 4.47 Å². The van der Waals surface area contributed by atoms with Crippen LogP contribution in [0.2, 0.25) is 0 Å². The quantitative estimate of drug-likeness (QED) is 0.534. The molecule has 7 heteroatoms. The maximum Gasteiger partial charge on any atom is 0.338 e. The molecule has 1 aliphatic heterocycles. The maximum absolute atomic E-state index is 13.4. The number of thiazole rings is 1. The number of benzene rings is 2. The predicted octanol–water partition coefficient (Wildman–Crippen LogP) is 3.56. The number of hydrogen-bond acceptors (Lipinski definition) is 5. The first-order valence-electron chi connectivity index (χ1n) is 9.49. The summed E-state index contributed by atoms with van der Waals surface area (Å²) in [5.74, 6) is -0.450. The number of fused-ring (bicyclic) bond motifs is 1. The van der Waals surface area contributed by atoms with Gasteiger partial charge in [-0.2, -0.15) is 0 Å². The summed E-state index contributed by atoms with van der Waals surface area (Å²) in [5, 5.41) is 0. The summed E-state index contributed by atoms with van der Waals surface area (Å²) in [5.41, 5.74) is 2.53. The monoisotopic (exact) mass is 482 g/mol. The van der Waals surface area contributed by atoms with Gasteiger partial charge in [0.1, 0.15) is 0 Å². The molecule has 1 aliphatic rings. The second-order valence-corrected chi connectivity index (χ2v) is 8.69. The van der Waals surface area contributed by atoms with Crippen LogP contribution in [0.5, 0.6) is 0 Å². The van der Waals surface area contributed by atoms with Crippen molar-refractivity contribution in [1.29, 1.82) is 0 Å². The first-order chi connectivity index (χ1) is 14.5. The molecule has 0 spiro atoms. The van der Waals surface area contributed by atoms with Crippen molar-refractivity contribution in [3.63, 3.8) is 0 Å². The van der Waals surface area contributed by atoms with Gasteiger partial charge >= 0.3 is 5.97 Å². The minimum absolute atomic E-state index is 0.179. The molecule has 0 saturated heterocycles. The van der Waals surface area contributed by atoms with E-state index in [1.807, 2.05) is 60.7 Å². The van der Waals surface area contributed by atoms with Crippen LogP contribution < -0.4 is 14.9 Å². The first-order valence-corrected chi connectivity index (χ1v) is 11.1. The fourth-order valence-electron chi connectivity index (χ4n) is 3.49. The zero-order valence-corrected chi connectivity index (χ0v) is 18.9. The van der Waals surface area contributed by atoms with Gasteiger partial charge < -0.3 is 4.74 Å². The SMILES string of the molecule is CCOC(=O)C1=C(C)N=c2s/c(=C\c3cccc(Br)c3)c(=O)n2[C@@H]1c1ccccc1. The molecule has 1 atom stereocenters. The fraction of sp³-hybridized carbons (Fsp3) is 0.174. The Balaban J connectivity index is 1.96. The van der Waals surface area contributed by atoms with E-state index in [9.17, 15) is 9.59 Å². The van der Waals surface area contributed by atoms with E-state index >= 15 is 0 Å². The second-order valence-electron chi connectivity index (χ2n) is 6.77. The Morgan fingerprint density at radius 1 is 1.23 bits per heavy atom. The van der Waals surface area contributed by atoms with E-state index in [0.29, 0.717) is 20.6 Å². The molecule has 0 bridgehead atoms. The molecule has 0 N–H and O–H groups in total. The third-order valence-corrected chi connectivity index (χ3v) is 6.25. The van der Waals surface area contributed by atoms with Crippen LogP contribution in [0.25, 0.3) is 6.08 Å².